The first-order valence-corrected chi connectivity index (χ1v) is 7.39. The van der Waals surface area contributed by atoms with Crippen LogP contribution in [0.2, 0.25) is 0 Å². The normalized spacial score (nSPS) is 16.8. The molecule has 2 rings (SSSR count). The molecule has 0 aliphatic heterocycles. The summed E-state index contributed by atoms with van der Waals surface area (Å²) in [6, 6.07) is 5.90. The predicted octanol–water partition coefficient (Wildman–Crippen LogP) is 3.17. The molecule has 4 nitrogen and oxygen atoms in total. The van der Waals surface area contributed by atoms with Crippen LogP contribution in [0.25, 0.3) is 0 Å². The molecule has 0 unspecified atom stereocenters. The van der Waals surface area contributed by atoms with Gasteiger partial charge in [-0.3, -0.25) is 0 Å². The smallest absolute Gasteiger partial charge is 0.171 e. The fourth-order valence-electron chi connectivity index (χ4n) is 2.69. The van der Waals surface area contributed by atoms with Crippen molar-refractivity contribution in [3.05, 3.63) is 28.2 Å². The van der Waals surface area contributed by atoms with Crippen molar-refractivity contribution < 1.29 is 5.21 Å². The van der Waals surface area contributed by atoms with Gasteiger partial charge in [0.1, 0.15) is 0 Å². The van der Waals surface area contributed by atoms with Crippen molar-refractivity contribution in [2.75, 3.05) is 18.5 Å². The number of rotatable bonds is 4. The molecule has 0 aromatic heterocycles. The Bertz CT molecular complexity index is 470. The van der Waals surface area contributed by atoms with Crippen LogP contribution in [-0.4, -0.2) is 24.6 Å². The van der Waals surface area contributed by atoms with E-state index in [9.17, 15) is 0 Å². The summed E-state index contributed by atoms with van der Waals surface area (Å²) >= 11 is 3.47. The van der Waals surface area contributed by atoms with Gasteiger partial charge in [0.15, 0.2) is 5.84 Å². The lowest BCUT2D eigenvalue weighted by atomic mass is 10.1. The van der Waals surface area contributed by atoms with E-state index in [4.69, 9.17) is 10.9 Å². The second kappa shape index (κ2) is 6.28. The molecule has 1 saturated carbocycles. The van der Waals surface area contributed by atoms with E-state index in [-0.39, 0.29) is 5.84 Å². The van der Waals surface area contributed by atoms with E-state index in [1.807, 2.05) is 18.2 Å². The van der Waals surface area contributed by atoms with Crippen molar-refractivity contribution >= 4 is 27.5 Å². The molecule has 0 heterocycles. The molecule has 0 radical (unpaired) electrons. The second-order valence-electron chi connectivity index (χ2n) is 5.18. The van der Waals surface area contributed by atoms with Gasteiger partial charge in [0.25, 0.3) is 0 Å². The van der Waals surface area contributed by atoms with E-state index in [0.29, 0.717) is 5.56 Å². The molecule has 0 bridgehead atoms. The summed E-state index contributed by atoms with van der Waals surface area (Å²) in [5.74, 6) is 0.935. The van der Waals surface area contributed by atoms with E-state index in [0.717, 1.165) is 22.6 Å². The molecule has 0 spiro atoms. The fraction of sp³-hybridized carbons (Fsp3) is 0.500. The standard InChI is InChI=1S/C14H20BrN3O/c1-18(9-10-4-2-3-5-10)11-6-7-12(13(15)8-11)14(16)17-19/h6-8,10,19H,2-5,9H2,1H3,(H2,16,17). The Hall–Kier alpha value is -1.23. The van der Waals surface area contributed by atoms with Crippen molar-refractivity contribution in [2.24, 2.45) is 16.8 Å². The minimum Gasteiger partial charge on any atom is -0.409 e. The highest BCUT2D eigenvalue weighted by atomic mass is 79.9. The topological polar surface area (TPSA) is 61.8 Å². The summed E-state index contributed by atoms with van der Waals surface area (Å²) in [6.07, 6.45) is 5.41. The number of benzene rings is 1. The molecule has 0 atom stereocenters. The van der Waals surface area contributed by atoms with Gasteiger partial charge < -0.3 is 15.8 Å². The van der Waals surface area contributed by atoms with Crippen LogP contribution in [0.15, 0.2) is 27.8 Å². The molecule has 104 valence electrons. The molecule has 1 fully saturated rings. The molecule has 1 aromatic rings. The largest absolute Gasteiger partial charge is 0.409 e. The quantitative estimate of drug-likeness (QED) is 0.387. The van der Waals surface area contributed by atoms with E-state index in [1.54, 1.807) is 0 Å². The second-order valence-corrected chi connectivity index (χ2v) is 6.03. The van der Waals surface area contributed by atoms with Crippen molar-refractivity contribution in [2.45, 2.75) is 25.7 Å². The van der Waals surface area contributed by atoms with Gasteiger partial charge >= 0.3 is 0 Å². The van der Waals surface area contributed by atoms with Crippen LogP contribution in [0, 0.1) is 5.92 Å². The Morgan fingerprint density at radius 1 is 1.47 bits per heavy atom. The summed E-state index contributed by atoms with van der Waals surface area (Å²) in [7, 11) is 2.11. The number of hydrogen-bond acceptors (Lipinski definition) is 3. The van der Waals surface area contributed by atoms with E-state index in [2.05, 4.69) is 33.0 Å². The van der Waals surface area contributed by atoms with Gasteiger partial charge in [0, 0.05) is 29.3 Å². The highest BCUT2D eigenvalue weighted by Gasteiger charge is 2.17. The van der Waals surface area contributed by atoms with Gasteiger partial charge in [-0.15, -0.1) is 0 Å². The molecule has 1 aliphatic carbocycles. The Morgan fingerprint density at radius 2 is 2.16 bits per heavy atom. The third kappa shape index (κ3) is 3.41. The zero-order valence-electron chi connectivity index (χ0n) is 11.1. The highest BCUT2D eigenvalue weighted by Crippen LogP contribution is 2.28. The van der Waals surface area contributed by atoms with E-state index in [1.165, 1.54) is 25.7 Å². The number of oxime groups is 1. The third-order valence-corrected chi connectivity index (χ3v) is 4.44. The van der Waals surface area contributed by atoms with Gasteiger partial charge in [-0.1, -0.05) is 18.0 Å². The average molecular weight is 326 g/mol. The van der Waals surface area contributed by atoms with E-state index >= 15 is 0 Å². The lowest BCUT2D eigenvalue weighted by Crippen LogP contribution is -2.24. The van der Waals surface area contributed by atoms with Crippen LogP contribution in [0.5, 0.6) is 0 Å². The van der Waals surface area contributed by atoms with Crippen molar-refractivity contribution in [3.63, 3.8) is 0 Å². The molecule has 3 N–H and O–H groups in total. The van der Waals surface area contributed by atoms with Crippen LogP contribution in [0.3, 0.4) is 0 Å². The van der Waals surface area contributed by atoms with E-state index < -0.39 is 0 Å². The Labute approximate surface area is 122 Å². The molecular formula is C14H20BrN3O. The van der Waals surface area contributed by atoms with Crippen LogP contribution < -0.4 is 10.6 Å². The SMILES string of the molecule is CN(CC1CCCC1)c1ccc(/C(N)=N/O)c(Br)c1. The van der Waals surface area contributed by atoms with Gasteiger partial charge in [0.2, 0.25) is 0 Å². The molecule has 19 heavy (non-hydrogen) atoms. The fourth-order valence-corrected chi connectivity index (χ4v) is 3.26. The minimum atomic E-state index is 0.122. The molecular weight excluding hydrogens is 306 g/mol. The monoisotopic (exact) mass is 325 g/mol. The Morgan fingerprint density at radius 3 is 2.74 bits per heavy atom. The molecule has 1 aliphatic rings. The maximum Gasteiger partial charge on any atom is 0.171 e. The van der Waals surface area contributed by atoms with Crippen molar-refractivity contribution in [1.82, 2.24) is 0 Å². The van der Waals surface area contributed by atoms with Gasteiger partial charge in [0.05, 0.1) is 0 Å². The summed E-state index contributed by atoms with van der Waals surface area (Å²) in [5.41, 5.74) is 7.47. The average Bonchev–Trinajstić information content (AvgIpc) is 2.90. The van der Waals surface area contributed by atoms with Crippen molar-refractivity contribution in [3.8, 4) is 0 Å². The lowest BCUT2D eigenvalue weighted by molar-refractivity contribution is 0.318. The number of anilines is 1. The molecule has 1 aromatic carbocycles. The Balaban J connectivity index is 2.10. The van der Waals surface area contributed by atoms with Crippen LogP contribution in [-0.2, 0) is 0 Å². The molecule has 0 saturated heterocycles. The summed E-state index contributed by atoms with van der Waals surface area (Å²) in [6.45, 7) is 1.09. The van der Waals surface area contributed by atoms with Crippen LogP contribution >= 0.6 is 15.9 Å². The molecule has 5 heteroatoms. The summed E-state index contributed by atoms with van der Waals surface area (Å²) in [4.78, 5) is 2.27. The zero-order chi connectivity index (χ0) is 13.8. The lowest BCUT2D eigenvalue weighted by Gasteiger charge is -2.23. The Kier molecular flexibility index (Phi) is 4.69. The van der Waals surface area contributed by atoms with Crippen LogP contribution in [0.4, 0.5) is 5.69 Å². The first-order valence-electron chi connectivity index (χ1n) is 6.60. The number of halogens is 1. The number of nitrogens with two attached hydrogens (primary N) is 1. The summed E-state index contributed by atoms with van der Waals surface area (Å²) in [5, 5.41) is 11.7. The number of amidine groups is 1. The number of hydrogen-bond donors (Lipinski definition) is 2. The van der Waals surface area contributed by atoms with Gasteiger partial charge in [-0.2, -0.15) is 0 Å². The first-order chi connectivity index (χ1) is 9.11. The predicted molar refractivity (Wildman–Crippen MR) is 81.9 cm³/mol. The highest BCUT2D eigenvalue weighted by molar-refractivity contribution is 9.10. The van der Waals surface area contributed by atoms with Crippen LogP contribution in [0.1, 0.15) is 31.2 Å². The first kappa shape index (κ1) is 14.2. The zero-order valence-corrected chi connectivity index (χ0v) is 12.7. The third-order valence-electron chi connectivity index (χ3n) is 3.78. The maximum atomic E-state index is 8.71. The van der Waals surface area contributed by atoms with Gasteiger partial charge in [-0.05, 0) is 52.9 Å². The summed E-state index contributed by atoms with van der Waals surface area (Å²) < 4.78 is 0.846. The number of nitrogens with zero attached hydrogens (tertiary/aromatic N) is 2. The van der Waals surface area contributed by atoms with Gasteiger partial charge in [-0.25, -0.2) is 0 Å². The minimum absolute atomic E-state index is 0.122. The maximum absolute atomic E-state index is 8.71. The van der Waals surface area contributed by atoms with Crippen molar-refractivity contribution in [1.29, 1.82) is 0 Å². The molecule has 0 amide bonds.